The Hall–Kier alpha value is -3.58. The summed E-state index contributed by atoms with van der Waals surface area (Å²) in [4.78, 5) is 12.5. The van der Waals surface area contributed by atoms with Crippen LogP contribution in [0.2, 0.25) is 0 Å². The summed E-state index contributed by atoms with van der Waals surface area (Å²) in [5.41, 5.74) is 3.48. The summed E-state index contributed by atoms with van der Waals surface area (Å²) < 4.78 is 10.6. The maximum Gasteiger partial charge on any atom is 0.251 e. The van der Waals surface area contributed by atoms with Crippen molar-refractivity contribution < 1.29 is 14.3 Å². The fourth-order valence-electron chi connectivity index (χ4n) is 3.15. The Morgan fingerprint density at radius 1 is 0.844 bits per heavy atom. The van der Waals surface area contributed by atoms with Gasteiger partial charge in [-0.2, -0.15) is 0 Å². The second-order valence-corrected chi connectivity index (χ2v) is 7.48. The minimum atomic E-state index is -0.134. The number of rotatable bonds is 9. The summed E-state index contributed by atoms with van der Waals surface area (Å²) in [6.07, 6.45) is 0.768. The van der Waals surface area contributed by atoms with Crippen LogP contribution < -0.4 is 25.4 Å². The van der Waals surface area contributed by atoms with E-state index in [2.05, 4.69) is 16.0 Å². The SMILES string of the molecule is COc1ccc(CCNC(=S)Nc2cccc(C(=O)NCc3ccccc3)c2)cc1OC. The number of carbonyl (C=O) groups is 1. The van der Waals surface area contributed by atoms with Gasteiger partial charge in [-0.05, 0) is 60.1 Å². The number of benzene rings is 3. The highest BCUT2D eigenvalue weighted by atomic mass is 32.1. The van der Waals surface area contributed by atoms with E-state index in [4.69, 9.17) is 21.7 Å². The number of nitrogens with one attached hydrogen (secondary N) is 3. The van der Waals surface area contributed by atoms with Gasteiger partial charge in [-0.15, -0.1) is 0 Å². The van der Waals surface area contributed by atoms with E-state index in [0.717, 1.165) is 23.2 Å². The Labute approximate surface area is 193 Å². The van der Waals surface area contributed by atoms with Gasteiger partial charge < -0.3 is 25.4 Å². The molecular weight excluding hydrogens is 422 g/mol. The zero-order valence-electron chi connectivity index (χ0n) is 18.2. The van der Waals surface area contributed by atoms with Crippen LogP contribution in [0.1, 0.15) is 21.5 Å². The molecule has 32 heavy (non-hydrogen) atoms. The van der Waals surface area contributed by atoms with Crippen LogP contribution in [0.5, 0.6) is 11.5 Å². The molecule has 0 saturated heterocycles. The van der Waals surface area contributed by atoms with Gasteiger partial charge in [-0.1, -0.05) is 42.5 Å². The van der Waals surface area contributed by atoms with Gasteiger partial charge in [-0.25, -0.2) is 0 Å². The highest BCUT2D eigenvalue weighted by molar-refractivity contribution is 7.80. The number of methoxy groups -OCH3 is 2. The molecule has 0 unspecified atom stereocenters. The number of thiocarbonyl (C=S) groups is 1. The van der Waals surface area contributed by atoms with Crippen molar-refractivity contribution >= 4 is 28.9 Å². The number of hydrogen-bond acceptors (Lipinski definition) is 4. The smallest absolute Gasteiger partial charge is 0.251 e. The molecule has 0 aliphatic rings. The maximum absolute atomic E-state index is 12.5. The molecule has 3 aromatic carbocycles. The molecule has 3 rings (SSSR count). The summed E-state index contributed by atoms with van der Waals surface area (Å²) in [6.45, 7) is 1.13. The van der Waals surface area contributed by atoms with Gasteiger partial charge in [0.15, 0.2) is 16.6 Å². The second kappa shape index (κ2) is 11.7. The fourth-order valence-corrected chi connectivity index (χ4v) is 3.37. The Morgan fingerprint density at radius 3 is 2.38 bits per heavy atom. The molecule has 0 saturated carbocycles. The van der Waals surface area contributed by atoms with Gasteiger partial charge in [0.2, 0.25) is 0 Å². The van der Waals surface area contributed by atoms with Crippen molar-refractivity contribution in [3.63, 3.8) is 0 Å². The molecule has 3 aromatic rings. The van der Waals surface area contributed by atoms with E-state index in [9.17, 15) is 4.79 Å². The summed E-state index contributed by atoms with van der Waals surface area (Å²) in [6, 6.07) is 22.9. The third-order valence-corrected chi connectivity index (χ3v) is 5.07. The minimum absolute atomic E-state index is 0.134. The molecule has 0 radical (unpaired) electrons. The largest absolute Gasteiger partial charge is 0.493 e. The first-order valence-corrected chi connectivity index (χ1v) is 10.7. The lowest BCUT2D eigenvalue weighted by atomic mass is 10.1. The quantitative estimate of drug-likeness (QED) is 0.426. The first-order valence-electron chi connectivity index (χ1n) is 10.3. The molecular formula is C25H27N3O3S. The molecule has 3 N–H and O–H groups in total. The Balaban J connectivity index is 1.48. The fraction of sp³-hybridized carbons (Fsp3) is 0.200. The molecule has 0 fully saturated rings. The summed E-state index contributed by atoms with van der Waals surface area (Å²) in [7, 11) is 3.24. The first-order chi connectivity index (χ1) is 15.6. The van der Waals surface area contributed by atoms with Crippen LogP contribution in [-0.4, -0.2) is 31.8 Å². The van der Waals surface area contributed by atoms with E-state index in [1.165, 1.54) is 0 Å². The molecule has 6 nitrogen and oxygen atoms in total. The lowest BCUT2D eigenvalue weighted by molar-refractivity contribution is 0.0951. The van der Waals surface area contributed by atoms with E-state index in [-0.39, 0.29) is 5.91 Å². The average Bonchev–Trinajstić information content (AvgIpc) is 2.83. The van der Waals surface area contributed by atoms with E-state index >= 15 is 0 Å². The summed E-state index contributed by atoms with van der Waals surface area (Å²) >= 11 is 5.40. The monoisotopic (exact) mass is 449 g/mol. The third-order valence-electron chi connectivity index (χ3n) is 4.83. The number of amides is 1. The molecule has 0 spiro atoms. The number of hydrogen-bond donors (Lipinski definition) is 3. The van der Waals surface area contributed by atoms with Gasteiger partial charge in [0.1, 0.15) is 0 Å². The van der Waals surface area contributed by atoms with Crippen molar-refractivity contribution in [2.45, 2.75) is 13.0 Å². The van der Waals surface area contributed by atoms with Crippen LogP contribution in [0.25, 0.3) is 0 Å². The highest BCUT2D eigenvalue weighted by Crippen LogP contribution is 2.27. The van der Waals surface area contributed by atoms with Crippen LogP contribution in [0.3, 0.4) is 0 Å². The van der Waals surface area contributed by atoms with Crippen molar-refractivity contribution in [2.24, 2.45) is 0 Å². The predicted molar refractivity (Wildman–Crippen MR) is 132 cm³/mol. The zero-order valence-corrected chi connectivity index (χ0v) is 19.0. The van der Waals surface area contributed by atoms with Crippen molar-refractivity contribution in [1.29, 1.82) is 0 Å². The lowest BCUT2D eigenvalue weighted by Gasteiger charge is -2.13. The van der Waals surface area contributed by atoms with Crippen molar-refractivity contribution in [3.05, 3.63) is 89.5 Å². The average molecular weight is 450 g/mol. The molecule has 7 heteroatoms. The van der Waals surface area contributed by atoms with Crippen molar-refractivity contribution in [2.75, 3.05) is 26.1 Å². The van der Waals surface area contributed by atoms with Crippen molar-refractivity contribution in [3.8, 4) is 11.5 Å². The van der Waals surface area contributed by atoms with Crippen LogP contribution in [0, 0.1) is 0 Å². The molecule has 0 bridgehead atoms. The standard InChI is InChI=1S/C25H27N3O3S/c1-30-22-12-11-18(15-23(22)31-2)13-14-26-25(32)28-21-10-6-9-20(16-21)24(29)27-17-19-7-4-3-5-8-19/h3-12,15-16H,13-14,17H2,1-2H3,(H,27,29)(H2,26,28,32). The maximum atomic E-state index is 12.5. The molecule has 0 aromatic heterocycles. The first kappa shape index (κ1) is 23.1. The van der Waals surface area contributed by atoms with Gasteiger partial charge in [-0.3, -0.25) is 4.79 Å². The Kier molecular flexibility index (Phi) is 8.45. The number of ether oxygens (including phenoxy) is 2. The van der Waals surface area contributed by atoms with Gasteiger partial charge in [0, 0.05) is 24.3 Å². The lowest BCUT2D eigenvalue weighted by Crippen LogP contribution is -2.30. The molecule has 166 valence electrons. The van der Waals surface area contributed by atoms with Crippen LogP contribution in [0.15, 0.2) is 72.8 Å². The van der Waals surface area contributed by atoms with Gasteiger partial charge >= 0.3 is 0 Å². The van der Waals surface area contributed by atoms with Crippen LogP contribution in [0.4, 0.5) is 5.69 Å². The van der Waals surface area contributed by atoms with E-state index in [1.807, 2.05) is 60.7 Å². The molecule has 0 heterocycles. The second-order valence-electron chi connectivity index (χ2n) is 7.07. The molecule has 0 aliphatic carbocycles. The Bertz CT molecular complexity index is 1060. The predicted octanol–water partition coefficient (Wildman–Crippen LogP) is 4.16. The zero-order chi connectivity index (χ0) is 22.8. The van der Waals surface area contributed by atoms with E-state index in [1.54, 1.807) is 26.4 Å². The van der Waals surface area contributed by atoms with Gasteiger partial charge in [0.25, 0.3) is 5.91 Å². The van der Waals surface area contributed by atoms with Crippen LogP contribution in [-0.2, 0) is 13.0 Å². The molecule has 0 atom stereocenters. The van der Waals surface area contributed by atoms with Gasteiger partial charge in [0.05, 0.1) is 14.2 Å². The number of carbonyl (C=O) groups excluding carboxylic acids is 1. The summed E-state index contributed by atoms with van der Waals surface area (Å²) in [5.74, 6) is 1.27. The highest BCUT2D eigenvalue weighted by Gasteiger charge is 2.08. The summed E-state index contributed by atoms with van der Waals surface area (Å²) in [5, 5.41) is 9.75. The normalized spacial score (nSPS) is 10.2. The van der Waals surface area contributed by atoms with Crippen LogP contribution >= 0.6 is 12.2 Å². The Morgan fingerprint density at radius 2 is 1.62 bits per heavy atom. The van der Waals surface area contributed by atoms with Crippen molar-refractivity contribution in [1.82, 2.24) is 10.6 Å². The van der Waals surface area contributed by atoms with E-state index in [0.29, 0.717) is 35.3 Å². The van der Waals surface area contributed by atoms with E-state index < -0.39 is 0 Å². The number of anilines is 1. The topological polar surface area (TPSA) is 71.6 Å². The molecule has 0 aliphatic heterocycles. The molecule has 1 amide bonds. The third kappa shape index (κ3) is 6.72. The minimum Gasteiger partial charge on any atom is -0.493 e.